The summed E-state index contributed by atoms with van der Waals surface area (Å²) < 4.78 is 1.96. The van der Waals surface area contributed by atoms with Crippen LogP contribution in [0.25, 0.3) is 0 Å². The van der Waals surface area contributed by atoms with E-state index in [0.29, 0.717) is 36.4 Å². The second-order valence-corrected chi connectivity index (χ2v) is 8.82. The van der Waals surface area contributed by atoms with Gasteiger partial charge in [-0.1, -0.05) is 31.7 Å². The smallest absolute Gasteiger partial charge is 0.237 e. The van der Waals surface area contributed by atoms with Crippen molar-refractivity contribution in [3.63, 3.8) is 0 Å². The number of rotatable bonds is 11. The van der Waals surface area contributed by atoms with Crippen molar-refractivity contribution in [3.8, 4) is 6.07 Å². The highest BCUT2D eigenvalue weighted by Crippen LogP contribution is 2.23. The zero-order valence-corrected chi connectivity index (χ0v) is 19.4. The van der Waals surface area contributed by atoms with Gasteiger partial charge in [-0.15, -0.1) is 10.2 Å². The molecule has 2 amide bonds. The summed E-state index contributed by atoms with van der Waals surface area (Å²) in [5, 5.41) is 18.1. The molecule has 31 heavy (non-hydrogen) atoms. The first kappa shape index (κ1) is 24.4. The van der Waals surface area contributed by atoms with Crippen LogP contribution in [0.2, 0.25) is 0 Å². The molecule has 0 fully saturated rings. The quantitative estimate of drug-likeness (QED) is 0.535. The second kappa shape index (κ2) is 11.5. The number of nitriles is 1. The molecule has 2 aromatic rings. The van der Waals surface area contributed by atoms with E-state index in [9.17, 15) is 9.59 Å². The third-order valence-corrected chi connectivity index (χ3v) is 5.76. The second-order valence-electron chi connectivity index (χ2n) is 7.88. The fraction of sp³-hybridized carbons (Fsp3) is 0.500. The molecule has 166 valence electrons. The summed E-state index contributed by atoms with van der Waals surface area (Å²) in [6.45, 7) is 9.21. The number of aromatic nitrogens is 3. The molecule has 0 bridgehead atoms. The van der Waals surface area contributed by atoms with Crippen molar-refractivity contribution < 1.29 is 9.59 Å². The van der Waals surface area contributed by atoms with Crippen LogP contribution in [-0.2, 0) is 22.6 Å². The molecular formula is C22H30N6O2S. The third kappa shape index (κ3) is 7.10. The minimum Gasteiger partial charge on any atom is -0.370 e. The summed E-state index contributed by atoms with van der Waals surface area (Å²) in [4.78, 5) is 25.9. The van der Waals surface area contributed by atoms with E-state index in [1.807, 2.05) is 36.6 Å². The molecule has 2 N–H and O–H groups in total. The van der Waals surface area contributed by atoms with Gasteiger partial charge >= 0.3 is 0 Å². The van der Waals surface area contributed by atoms with Crippen molar-refractivity contribution in [2.24, 2.45) is 11.7 Å². The van der Waals surface area contributed by atoms with Gasteiger partial charge in [0.05, 0.1) is 18.2 Å². The van der Waals surface area contributed by atoms with Crippen molar-refractivity contribution in [2.75, 3.05) is 17.2 Å². The number of aryl methyl sites for hydroxylation is 3. The summed E-state index contributed by atoms with van der Waals surface area (Å²) in [7, 11) is 0. The minimum atomic E-state index is -0.384. The number of hydrogen-bond acceptors (Lipinski definition) is 6. The molecule has 0 aliphatic heterocycles. The van der Waals surface area contributed by atoms with Gasteiger partial charge in [-0.05, 0) is 43.0 Å². The van der Waals surface area contributed by atoms with E-state index < -0.39 is 0 Å². The lowest BCUT2D eigenvalue weighted by Gasteiger charge is -2.22. The molecule has 0 aliphatic rings. The molecular weight excluding hydrogens is 412 g/mol. The van der Waals surface area contributed by atoms with Gasteiger partial charge in [-0.2, -0.15) is 5.26 Å². The first-order chi connectivity index (χ1) is 14.7. The molecule has 0 saturated carbocycles. The van der Waals surface area contributed by atoms with Gasteiger partial charge in [0.15, 0.2) is 5.16 Å². The lowest BCUT2D eigenvalue weighted by atomic mass is 10.1. The van der Waals surface area contributed by atoms with Crippen molar-refractivity contribution in [3.05, 3.63) is 35.2 Å². The maximum Gasteiger partial charge on any atom is 0.237 e. The molecule has 1 aromatic heterocycles. The summed E-state index contributed by atoms with van der Waals surface area (Å²) in [6.07, 6.45) is 0.874. The summed E-state index contributed by atoms with van der Waals surface area (Å²) in [5.74, 6) is 0.731. The molecule has 0 radical (unpaired) electrons. The number of carbonyl (C=O) groups is 2. The predicted octanol–water partition coefficient (Wildman–Crippen LogP) is 3.01. The van der Waals surface area contributed by atoms with Gasteiger partial charge in [-0.25, -0.2) is 0 Å². The highest BCUT2D eigenvalue weighted by Gasteiger charge is 2.20. The molecule has 0 atom stereocenters. The number of benzene rings is 1. The number of hydrogen-bond donors (Lipinski definition) is 1. The van der Waals surface area contributed by atoms with Crippen molar-refractivity contribution in [1.29, 1.82) is 5.26 Å². The van der Waals surface area contributed by atoms with Gasteiger partial charge in [-0.3, -0.25) is 9.59 Å². The van der Waals surface area contributed by atoms with Crippen molar-refractivity contribution in [2.45, 2.75) is 58.7 Å². The molecule has 2 rings (SSSR count). The van der Waals surface area contributed by atoms with Gasteiger partial charge in [0.2, 0.25) is 11.8 Å². The van der Waals surface area contributed by atoms with Crippen LogP contribution in [-0.4, -0.2) is 38.9 Å². The van der Waals surface area contributed by atoms with E-state index >= 15 is 0 Å². The first-order valence-corrected chi connectivity index (χ1v) is 11.3. The number of amides is 2. The SMILES string of the molecule is Cc1ccc(N(CCC#N)C(=O)CSc2nnc(CCC(N)=O)n2CC(C)C)cc1C. The van der Waals surface area contributed by atoms with Crippen LogP contribution in [0.4, 0.5) is 5.69 Å². The molecule has 9 heteroatoms. The van der Waals surface area contributed by atoms with E-state index in [4.69, 9.17) is 11.0 Å². The number of primary amides is 1. The average Bonchev–Trinajstić information content (AvgIpc) is 3.08. The normalized spacial score (nSPS) is 10.8. The number of anilines is 1. The Kier molecular flexibility index (Phi) is 9.06. The number of carbonyl (C=O) groups excluding carboxylic acids is 2. The average molecular weight is 443 g/mol. The molecule has 0 unspecified atom stereocenters. The number of nitrogens with two attached hydrogens (primary N) is 1. The largest absolute Gasteiger partial charge is 0.370 e. The molecule has 0 saturated heterocycles. The van der Waals surface area contributed by atoms with Crippen LogP contribution in [0, 0.1) is 31.1 Å². The lowest BCUT2D eigenvalue weighted by molar-refractivity contribution is -0.118. The zero-order chi connectivity index (χ0) is 23.0. The van der Waals surface area contributed by atoms with Crippen LogP contribution in [0.3, 0.4) is 0 Å². The Bertz CT molecular complexity index is 963. The van der Waals surface area contributed by atoms with Crippen molar-refractivity contribution in [1.82, 2.24) is 14.8 Å². The Morgan fingerprint density at radius 1 is 1.26 bits per heavy atom. The highest BCUT2D eigenvalue weighted by molar-refractivity contribution is 7.99. The van der Waals surface area contributed by atoms with E-state index in [-0.39, 0.29) is 30.4 Å². The van der Waals surface area contributed by atoms with Gasteiger partial charge < -0.3 is 15.2 Å². The molecule has 8 nitrogen and oxygen atoms in total. The van der Waals surface area contributed by atoms with Crippen LogP contribution in [0.1, 0.15) is 43.6 Å². The Morgan fingerprint density at radius 2 is 2.00 bits per heavy atom. The minimum absolute atomic E-state index is 0.0960. The van der Waals surface area contributed by atoms with E-state index in [1.54, 1.807) is 4.90 Å². The molecule has 0 spiro atoms. The predicted molar refractivity (Wildman–Crippen MR) is 122 cm³/mol. The Morgan fingerprint density at radius 3 is 2.61 bits per heavy atom. The highest BCUT2D eigenvalue weighted by atomic mass is 32.2. The van der Waals surface area contributed by atoms with E-state index in [1.165, 1.54) is 11.8 Å². The Hall–Kier alpha value is -2.86. The molecule has 0 aliphatic carbocycles. The lowest BCUT2D eigenvalue weighted by Crippen LogP contribution is -2.33. The van der Waals surface area contributed by atoms with Crippen LogP contribution in [0.15, 0.2) is 23.4 Å². The number of thioether (sulfide) groups is 1. The summed E-state index contributed by atoms with van der Waals surface area (Å²) >= 11 is 1.32. The van der Waals surface area contributed by atoms with Crippen LogP contribution >= 0.6 is 11.8 Å². The third-order valence-electron chi connectivity index (χ3n) is 4.81. The monoisotopic (exact) mass is 442 g/mol. The molecule has 1 heterocycles. The Labute approximate surface area is 187 Å². The van der Waals surface area contributed by atoms with E-state index in [0.717, 1.165) is 16.8 Å². The first-order valence-electron chi connectivity index (χ1n) is 10.3. The van der Waals surface area contributed by atoms with Gasteiger partial charge in [0, 0.05) is 31.6 Å². The fourth-order valence-corrected chi connectivity index (χ4v) is 3.89. The van der Waals surface area contributed by atoms with Crippen molar-refractivity contribution >= 4 is 29.3 Å². The van der Waals surface area contributed by atoms with E-state index in [2.05, 4.69) is 30.1 Å². The van der Waals surface area contributed by atoms with Crippen LogP contribution in [0.5, 0.6) is 0 Å². The van der Waals surface area contributed by atoms with Crippen LogP contribution < -0.4 is 10.6 Å². The summed E-state index contributed by atoms with van der Waals surface area (Å²) in [5.41, 5.74) is 8.30. The fourth-order valence-electron chi connectivity index (χ4n) is 3.05. The topological polar surface area (TPSA) is 118 Å². The Balaban J connectivity index is 2.18. The zero-order valence-electron chi connectivity index (χ0n) is 18.6. The van der Waals surface area contributed by atoms with Gasteiger partial charge in [0.25, 0.3) is 0 Å². The maximum absolute atomic E-state index is 13.1. The maximum atomic E-state index is 13.1. The number of nitrogens with zero attached hydrogens (tertiary/aromatic N) is 5. The standard InChI is InChI=1S/C22H30N6O2S/c1-15(2)13-28-20(9-8-19(24)29)25-26-22(28)31-14-21(30)27(11-5-10-23)18-7-6-16(3)17(4)12-18/h6-7,12,15H,5,8-9,11,13-14H2,1-4H3,(H2,24,29). The van der Waals surface area contributed by atoms with Gasteiger partial charge in [0.1, 0.15) is 5.82 Å². The summed E-state index contributed by atoms with van der Waals surface area (Å²) in [6, 6.07) is 7.97. The molecule has 1 aromatic carbocycles.